The van der Waals surface area contributed by atoms with E-state index < -0.39 is 0 Å². The molecule has 78 valence electrons. The van der Waals surface area contributed by atoms with Gasteiger partial charge < -0.3 is 15.2 Å². The summed E-state index contributed by atoms with van der Waals surface area (Å²) >= 11 is 0. The van der Waals surface area contributed by atoms with Crippen LogP contribution in [0, 0.1) is 0 Å². The summed E-state index contributed by atoms with van der Waals surface area (Å²) in [4.78, 5) is 4.12. The number of nitrogens with zero attached hydrogens (tertiary/aromatic N) is 2. The molecule has 2 heterocycles. The number of rotatable bonds is 4. The number of aromatic nitrogens is 2. The smallest absolute Gasteiger partial charge is 0.127 e. The molecule has 2 aromatic rings. The van der Waals surface area contributed by atoms with E-state index in [0.29, 0.717) is 6.54 Å². The van der Waals surface area contributed by atoms with E-state index in [-0.39, 0.29) is 0 Å². The van der Waals surface area contributed by atoms with Crippen molar-refractivity contribution in [3.05, 3.63) is 36.4 Å². The van der Waals surface area contributed by atoms with Gasteiger partial charge in [0.25, 0.3) is 0 Å². The van der Waals surface area contributed by atoms with E-state index in [1.54, 1.807) is 12.5 Å². The number of pyridine rings is 1. The molecule has 0 bridgehead atoms. The molecule has 2 N–H and O–H groups in total. The van der Waals surface area contributed by atoms with Gasteiger partial charge >= 0.3 is 0 Å². The molecule has 0 spiro atoms. The molecule has 0 aliphatic carbocycles. The maximum Gasteiger partial charge on any atom is 0.127 e. The molecule has 0 amide bonds. The van der Waals surface area contributed by atoms with Gasteiger partial charge in [-0.1, -0.05) is 5.16 Å². The van der Waals surface area contributed by atoms with E-state index in [1.165, 1.54) is 0 Å². The normalized spacial score (nSPS) is 9.93. The molecule has 5 heteroatoms. The molecule has 0 unspecified atom stereocenters. The van der Waals surface area contributed by atoms with Crippen LogP contribution in [0.25, 0.3) is 0 Å². The standard InChI is InChI=1S/C10H12N4O/c1-11-10-6-8(2-4-12-10)13-7-9-3-5-15-14-9/h2-6H,7H2,1H3,(H2,11,12,13). The van der Waals surface area contributed by atoms with Gasteiger partial charge in [0.2, 0.25) is 0 Å². The van der Waals surface area contributed by atoms with Crippen molar-refractivity contribution < 1.29 is 4.52 Å². The Balaban J connectivity index is 1.98. The summed E-state index contributed by atoms with van der Waals surface area (Å²) in [5, 5.41) is 10.00. The molecule has 0 saturated heterocycles. The predicted molar refractivity (Wildman–Crippen MR) is 57.6 cm³/mol. The average Bonchev–Trinajstić information content (AvgIpc) is 2.79. The van der Waals surface area contributed by atoms with Crippen molar-refractivity contribution in [1.29, 1.82) is 0 Å². The SMILES string of the molecule is CNc1cc(NCc2ccon2)ccn1. The Hall–Kier alpha value is -2.04. The van der Waals surface area contributed by atoms with Crippen LogP contribution in [0.2, 0.25) is 0 Å². The fraction of sp³-hybridized carbons (Fsp3) is 0.200. The van der Waals surface area contributed by atoms with E-state index in [4.69, 9.17) is 4.52 Å². The monoisotopic (exact) mass is 204 g/mol. The highest BCUT2D eigenvalue weighted by Gasteiger charge is 1.97. The van der Waals surface area contributed by atoms with Crippen molar-refractivity contribution in [2.45, 2.75) is 6.54 Å². The summed E-state index contributed by atoms with van der Waals surface area (Å²) in [6.45, 7) is 0.643. The Labute approximate surface area is 87.5 Å². The summed E-state index contributed by atoms with van der Waals surface area (Å²) in [5.74, 6) is 0.833. The summed E-state index contributed by atoms with van der Waals surface area (Å²) < 4.78 is 4.73. The Morgan fingerprint density at radius 1 is 1.40 bits per heavy atom. The third kappa shape index (κ3) is 2.46. The molecule has 0 aromatic carbocycles. The van der Waals surface area contributed by atoms with Crippen LogP contribution in [0.4, 0.5) is 11.5 Å². The third-order valence-corrected chi connectivity index (χ3v) is 1.98. The van der Waals surface area contributed by atoms with Crippen molar-refractivity contribution in [1.82, 2.24) is 10.1 Å². The number of anilines is 2. The fourth-order valence-electron chi connectivity index (χ4n) is 1.20. The highest BCUT2D eigenvalue weighted by molar-refractivity contribution is 5.51. The molecule has 0 aliphatic heterocycles. The van der Waals surface area contributed by atoms with Crippen LogP contribution < -0.4 is 10.6 Å². The minimum absolute atomic E-state index is 0.643. The second-order valence-corrected chi connectivity index (χ2v) is 3.02. The van der Waals surface area contributed by atoms with E-state index in [1.807, 2.05) is 25.2 Å². The zero-order valence-electron chi connectivity index (χ0n) is 8.40. The average molecular weight is 204 g/mol. The van der Waals surface area contributed by atoms with Crippen LogP contribution >= 0.6 is 0 Å². The fourth-order valence-corrected chi connectivity index (χ4v) is 1.20. The van der Waals surface area contributed by atoms with E-state index in [9.17, 15) is 0 Å². The first kappa shape index (κ1) is 9.51. The van der Waals surface area contributed by atoms with Gasteiger partial charge in [0.1, 0.15) is 17.8 Å². The lowest BCUT2D eigenvalue weighted by atomic mass is 10.3. The molecule has 0 fully saturated rings. The first-order valence-electron chi connectivity index (χ1n) is 4.65. The van der Waals surface area contributed by atoms with Gasteiger partial charge in [-0.3, -0.25) is 0 Å². The van der Waals surface area contributed by atoms with Crippen LogP contribution in [0.15, 0.2) is 35.2 Å². The molecule has 2 aromatic heterocycles. The van der Waals surface area contributed by atoms with Gasteiger partial charge in [-0.15, -0.1) is 0 Å². The van der Waals surface area contributed by atoms with Crippen molar-refractivity contribution in [2.75, 3.05) is 17.7 Å². The van der Waals surface area contributed by atoms with Crippen molar-refractivity contribution >= 4 is 11.5 Å². The Morgan fingerprint density at radius 3 is 3.07 bits per heavy atom. The molecule has 0 saturated carbocycles. The molecule has 5 nitrogen and oxygen atoms in total. The van der Waals surface area contributed by atoms with Gasteiger partial charge in [0, 0.05) is 31.1 Å². The quantitative estimate of drug-likeness (QED) is 0.794. The van der Waals surface area contributed by atoms with Gasteiger partial charge in [0.05, 0.1) is 6.54 Å². The van der Waals surface area contributed by atoms with Crippen LogP contribution in [0.5, 0.6) is 0 Å². The lowest BCUT2D eigenvalue weighted by molar-refractivity contribution is 0.412. The van der Waals surface area contributed by atoms with Gasteiger partial charge in [-0.05, 0) is 6.07 Å². The van der Waals surface area contributed by atoms with Crippen LogP contribution in [0.1, 0.15) is 5.69 Å². The molecule has 0 radical (unpaired) electrons. The Morgan fingerprint density at radius 2 is 2.33 bits per heavy atom. The molecular formula is C10H12N4O. The van der Waals surface area contributed by atoms with Gasteiger partial charge in [-0.2, -0.15) is 0 Å². The summed E-state index contributed by atoms with van der Waals surface area (Å²) in [7, 11) is 1.84. The lowest BCUT2D eigenvalue weighted by Crippen LogP contribution is -2.00. The summed E-state index contributed by atoms with van der Waals surface area (Å²) in [6, 6.07) is 5.66. The zero-order chi connectivity index (χ0) is 10.5. The molecular weight excluding hydrogens is 192 g/mol. The van der Waals surface area contributed by atoms with Crippen molar-refractivity contribution in [3.63, 3.8) is 0 Å². The largest absolute Gasteiger partial charge is 0.379 e. The minimum atomic E-state index is 0.643. The van der Waals surface area contributed by atoms with Crippen molar-refractivity contribution in [3.8, 4) is 0 Å². The second-order valence-electron chi connectivity index (χ2n) is 3.02. The predicted octanol–water partition coefficient (Wildman–Crippen LogP) is 1.72. The van der Waals surface area contributed by atoms with Crippen LogP contribution in [0.3, 0.4) is 0 Å². The topological polar surface area (TPSA) is 63.0 Å². The van der Waals surface area contributed by atoms with E-state index >= 15 is 0 Å². The Kier molecular flexibility index (Phi) is 2.82. The number of hydrogen-bond acceptors (Lipinski definition) is 5. The zero-order valence-corrected chi connectivity index (χ0v) is 8.40. The number of nitrogens with one attached hydrogen (secondary N) is 2. The molecule has 15 heavy (non-hydrogen) atoms. The van der Waals surface area contributed by atoms with Gasteiger partial charge in [-0.25, -0.2) is 4.98 Å². The third-order valence-electron chi connectivity index (χ3n) is 1.98. The highest BCUT2D eigenvalue weighted by atomic mass is 16.5. The molecule has 2 rings (SSSR count). The van der Waals surface area contributed by atoms with Crippen molar-refractivity contribution in [2.24, 2.45) is 0 Å². The summed E-state index contributed by atoms with van der Waals surface area (Å²) in [5.41, 5.74) is 1.87. The highest BCUT2D eigenvalue weighted by Crippen LogP contribution is 2.12. The first-order chi connectivity index (χ1) is 7.38. The summed E-state index contributed by atoms with van der Waals surface area (Å²) in [6.07, 6.45) is 3.31. The van der Waals surface area contributed by atoms with Crippen LogP contribution in [-0.2, 0) is 6.54 Å². The Bertz CT molecular complexity index is 413. The lowest BCUT2D eigenvalue weighted by Gasteiger charge is -2.05. The molecule has 0 atom stereocenters. The van der Waals surface area contributed by atoms with E-state index in [0.717, 1.165) is 17.2 Å². The molecule has 0 aliphatic rings. The first-order valence-corrected chi connectivity index (χ1v) is 4.65. The van der Waals surface area contributed by atoms with Gasteiger partial charge in [0.15, 0.2) is 0 Å². The maximum atomic E-state index is 4.73. The maximum absolute atomic E-state index is 4.73. The second kappa shape index (κ2) is 4.45. The number of hydrogen-bond donors (Lipinski definition) is 2. The van der Waals surface area contributed by atoms with E-state index in [2.05, 4.69) is 20.8 Å². The van der Waals surface area contributed by atoms with Crippen LogP contribution in [-0.4, -0.2) is 17.2 Å². The minimum Gasteiger partial charge on any atom is -0.379 e.